The van der Waals surface area contributed by atoms with Gasteiger partial charge in [0.1, 0.15) is 12.6 Å². The molecule has 4 rings (SSSR count). The molecule has 2 amide bonds. The number of carbonyl (C=O) groups excluding carboxylic acids is 2. The molecule has 0 fully saturated rings. The highest BCUT2D eigenvalue weighted by atomic mass is 79.9. The van der Waals surface area contributed by atoms with Crippen LogP contribution in [-0.2, 0) is 29.1 Å². The maximum atomic E-state index is 13.3. The Kier molecular flexibility index (Phi) is 6.32. The third-order valence-corrected chi connectivity index (χ3v) is 6.35. The lowest BCUT2D eigenvalue weighted by Gasteiger charge is -2.32. The minimum absolute atomic E-state index is 0.0599. The lowest BCUT2D eigenvalue weighted by atomic mass is 9.99. The molecule has 31 heavy (non-hydrogen) atoms. The first-order chi connectivity index (χ1) is 14.9. The smallest absolute Gasteiger partial charge is 0.408 e. The van der Waals surface area contributed by atoms with Gasteiger partial charge in [0.15, 0.2) is 0 Å². The SMILES string of the molecule is CC(C)[C@H](NC(=O)OCc1ccccc1)C(=O)N1CCc2[nH]c3c(Br)cccc3c2C1. The van der Waals surface area contributed by atoms with Crippen molar-refractivity contribution in [3.05, 3.63) is 69.8 Å². The van der Waals surface area contributed by atoms with Crippen LogP contribution in [0.1, 0.15) is 30.7 Å². The quantitative estimate of drug-likeness (QED) is 0.548. The van der Waals surface area contributed by atoms with Crippen LogP contribution in [0.15, 0.2) is 53.0 Å². The number of carbonyl (C=O) groups is 2. The molecule has 1 atom stereocenters. The number of halogens is 1. The maximum Gasteiger partial charge on any atom is 0.408 e. The van der Waals surface area contributed by atoms with Crippen LogP contribution in [0.3, 0.4) is 0 Å². The third-order valence-electron chi connectivity index (χ3n) is 5.69. The zero-order valence-corrected chi connectivity index (χ0v) is 19.2. The highest BCUT2D eigenvalue weighted by Crippen LogP contribution is 2.32. The van der Waals surface area contributed by atoms with Gasteiger partial charge in [-0.2, -0.15) is 0 Å². The Morgan fingerprint density at radius 1 is 1.16 bits per heavy atom. The molecule has 0 bridgehead atoms. The molecule has 3 aromatic rings. The molecule has 1 aliphatic heterocycles. The molecule has 162 valence electrons. The van der Waals surface area contributed by atoms with Crippen LogP contribution in [-0.4, -0.2) is 34.5 Å². The highest BCUT2D eigenvalue weighted by molar-refractivity contribution is 9.10. The number of nitrogens with one attached hydrogen (secondary N) is 2. The summed E-state index contributed by atoms with van der Waals surface area (Å²) in [5, 5.41) is 3.90. The Morgan fingerprint density at radius 2 is 1.94 bits per heavy atom. The van der Waals surface area contributed by atoms with Gasteiger partial charge in [0.05, 0.1) is 5.52 Å². The van der Waals surface area contributed by atoms with Crippen LogP contribution in [0.25, 0.3) is 10.9 Å². The predicted molar refractivity (Wildman–Crippen MR) is 124 cm³/mol. The molecule has 0 radical (unpaired) electrons. The summed E-state index contributed by atoms with van der Waals surface area (Å²) in [6.45, 7) is 5.16. The summed E-state index contributed by atoms with van der Waals surface area (Å²) in [5.41, 5.74) is 4.27. The monoisotopic (exact) mass is 483 g/mol. The molecule has 2 aromatic carbocycles. The van der Waals surface area contributed by atoms with E-state index in [1.807, 2.05) is 61.2 Å². The molecule has 1 aliphatic rings. The van der Waals surface area contributed by atoms with E-state index in [1.54, 1.807) is 0 Å². The zero-order chi connectivity index (χ0) is 22.0. The van der Waals surface area contributed by atoms with Gasteiger partial charge in [-0.3, -0.25) is 4.79 Å². The number of amides is 2. The molecule has 1 aromatic heterocycles. The summed E-state index contributed by atoms with van der Waals surface area (Å²) >= 11 is 3.59. The number of aromatic amines is 1. The minimum atomic E-state index is -0.637. The van der Waals surface area contributed by atoms with Crippen LogP contribution in [0.2, 0.25) is 0 Å². The van der Waals surface area contributed by atoms with Gasteiger partial charge in [0, 0.05) is 40.6 Å². The maximum absolute atomic E-state index is 13.3. The van der Waals surface area contributed by atoms with Gasteiger partial charge in [-0.1, -0.05) is 56.3 Å². The summed E-state index contributed by atoms with van der Waals surface area (Å²) in [5.74, 6) is -0.142. The molecule has 0 saturated heterocycles. The number of alkyl carbamates (subject to hydrolysis) is 1. The third kappa shape index (κ3) is 4.61. The standard InChI is InChI=1S/C24H26BrN3O3/c1-15(2)21(27-24(30)31-14-16-7-4-3-5-8-16)23(29)28-12-11-20-18(13-28)17-9-6-10-19(25)22(17)26-20/h3-10,15,21,26H,11-14H2,1-2H3,(H,27,30)/t21-/m0/s1. The van der Waals surface area contributed by atoms with Crippen molar-refractivity contribution in [2.75, 3.05) is 6.54 Å². The molecule has 0 unspecified atom stereocenters. The summed E-state index contributed by atoms with van der Waals surface area (Å²) in [7, 11) is 0. The van der Waals surface area contributed by atoms with Gasteiger partial charge < -0.3 is 19.9 Å². The van der Waals surface area contributed by atoms with E-state index in [4.69, 9.17) is 4.74 Å². The van der Waals surface area contributed by atoms with E-state index in [0.29, 0.717) is 13.1 Å². The van der Waals surface area contributed by atoms with Crippen LogP contribution < -0.4 is 5.32 Å². The number of aromatic nitrogens is 1. The number of ether oxygens (including phenoxy) is 1. The van der Waals surface area contributed by atoms with Gasteiger partial charge in [-0.15, -0.1) is 0 Å². The Balaban J connectivity index is 1.44. The lowest BCUT2D eigenvalue weighted by molar-refractivity contribution is -0.135. The summed E-state index contributed by atoms with van der Waals surface area (Å²) < 4.78 is 6.34. The number of hydrogen-bond donors (Lipinski definition) is 2. The van der Waals surface area contributed by atoms with E-state index < -0.39 is 12.1 Å². The average Bonchev–Trinajstić information content (AvgIpc) is 3.15. The number of para-hydroxylation sites is 1. The van der Waals surface area contributed by atoms with E-state index in [2.05, 4.69) is 32.3 Å². The molecular formula is C24H26BrN3O3. The molecular weight excluding hydrogens is 458 g/mol. The first-order valence-electron chi connectivity index (χ1n) is 10.5. The molecule has 0 saturated carbocycles. The number of hydrogen-bond acceptors (Lipinski definition) is 3. The fourth-order valence-corrected chi connectivity index (χ4v) is 4.46. The van der Waals surface area contributed by atoms with Crippen LogP contribution in [0.4, 0.5) is 4.79 Å². The van der Waals surface area contributed by atoms with E-state index in [1.165, 1.54) is 5.69 Å². The Labute approximate surface area is 190 Å². The minimum Gasteiger partial charge on any atom is -0.445 e. The average molecular weight is 484 g/mol. The summed E-state index contributed by atoms with van der Waals surface area (Å²) in [6, 6.07) is 14.9. The number of benzene rings is 2. The van der Waals surface area contributed by atoms with Crippen molar-refractivity contribution in [2.45, 2.75) is 39.5 Å². The van der Waals surface area contributed by atoms with Gasteiger partial charge in [-0.05, 0) is 33.5 Å². The molecule has 2 N–H and O–H groups in total. The topological polar surface area (TPSA) is 74.4 Å². The Bertz CT molecular complexity index is 1090. The van der Waals surface area contributed by atoms with Crippen molar-refractivity contribution in [2.24, 2.45) is 5.92 Å². The number of nitrogens with zero attached hydrogens (tertiary/aromatic N) is 1. The highest BCUT2D eigenvalue weighted by Gasteiger charge is 2.32. The number of fused-ring (bicyclic) bond motifs is 3. The normalized spacial score (nSPS) is 14.4. The molecule has 6 nitrogen and oxygen atoms in total. The van der Waals surface area contributed by atoms with Crippen molar-refractivity contribution in [3.8, 4) is 0 Å². The fraction of sp³-hybridized carbons (Fsp3) is 0.333. The van der Waals surface area contributed by atoms with Gasteiger partial charge in [-0.25, -0.2) is 4.79 Å². The fourth-order valence-electron chi connectivity index (χ4n) is 3.99. The molecule has 0 aliphatic carbocycles. The van der Waals surface area contributed by atoms with Gasteiger partial charge >= 0.3 is 6.09 Å². The zero-order valence-electron chi connectivity index (χ0n) is 17.7. The Morgan fingerprint density at radius 3 is 2.68 bits per heavy atom. The van der Waals surface area contributed by atoms with Crippen molar-refractivity contribution >= 4 is 38.8 Å². The van der Waals surface area contributed by atoms with Crippen LogP contribution in [0, 0.1) is 5.92 Å². The van der Waals surface area contributed by atoms with Crippen molar-refractivity contribution in [3.63, 3.8) is 0 Å². The van der Waals surface area contributed by atoms with E-state index in [-0.39, 0.29) is 18.4 Å². The second kappa shape index (κ2) is 9.14. The second-order valence-electron chi connectivity index (χ2n) is 8.18. The molecule has 7 heteroatoms. The molecule has 2 heterocycles. The number of H-pyrrole nitrogens is 1. The van der Waals surface area contributed by atoms with E-state index >= 15 is 0 Å². The van der Waals surface area contributed by atoms with Crippen molar-refractivity contribution < 1.29 is 14.3 Å². The first kappa shape index (κ1) is 21.4. The van der Waals surface area contributed by atoms with Crippen LogP contribution in [0.5, 0.6) is 0 Å². The van der Waals surface area contributed by atoms with Gasteiger partial charge in [0.25, 0.3) is 0 Å². The second-order valence-corrected chi connectivity index (χ2v) is 9.04. The van der Waals surface area contributed by atoms with Crippen molar-refractivity contribution in [1.29, 1.82) is 0 Å². The number of rotatable bonds is 5. The molecule has 0 spiro atoms. The Hall–Kier alpha value is -2.80. The largest absolute Gasteiger partial charge is 0.445 e. The summed E-state index contributed by atoms with van der Waals surface area (Å²) in [4.78, 5) is 31.0. The van der Waals surface area contributed by atoms with E-state index in [9.17, 15) is 9.59 Å². The first-order valence-corrected chi connectivity index (χ1v) is 11.3. The van der Waals surface area contributed by atoms with E-state index in [0.717, 1.165) is 32.9 Å². The van der Waals surface area contributed by atoms with Gasteiger partial charge in [0.2, 0.25) is 5.91 Å². The van der Waals surface area contributed by atoms with Crippen molar-refractivity contribution in [1.82, 2.24) is 15.2 Å². The lowest BCUT2D eigenvalue weighted by Crippen LogP contribution is -2.52. The predicted octanol–water partition coefficient (Wildman–Crippen LogP) is 4.77. The summed E-state index contributed by atoms with van der Waals surface area (Å²) in [6.07, 6.45) is 0.176. The van der Waals surface area contributed by atoms with Crippen LogP contribution >= 0.6 is 15.9 Å².